The lowest BCUT2D eigenvalue weighted by Crippen LogP contribution is -2.28. The van der Waals surface area contributed by atoms with Crippen molar-refractivity contribution in [1.29, 1.82) is 0 Å². The van der Waals surface area contributed by atoms with Crippen molar-refractivity contribution in [2.45, 2.75) is 25.9 Å². The highest BCUT2D eigenvalue weighted by Gasteiger charge is 2.19. The van der Waals surface area contributed by atoms with Crippen LogP contribution >= 0.6 is 0 Å². The molecular formula is C26H27N3O3. The van der Waals surface area contributed by atoms with Gasteiger partial charge in [-0.1, -0.05) is 30.3 Å². The summed E-state index contributed by atoms with van der Waals surface area (Å²) in [5.74, 6) is 2.34. The number of rotatable bonds is 9. The lowest BCUT2D eigenvalue weighted by atomic mass is 10.2. The van der Waals surface area contributed by atoms with Gasteiger partial charge in [0, 0.05) is 12.1 Å². The van der Waals surface area contributed by atoms with Crippen LogP contribution in [0, 0.1) is 0 Å². The second kappa shape index (κ2) is 10.0. The topological polar surface area (TPSA) is 65.4 Å². The highest BCUT2D eigenvalue weighted by molar-refractivity contribution is 5.94. The van der Waals surface area contributed by atoms with Crippen molar-refractivity contribution in [3.63, 3.8) is 0 Å². The van der Waals surface area contributed by atoms with Gasteiger partial charge in [-0.25, -0.2) is 4.98 Å². The molecule has 3 aromatic carbocycles. The number of amides is 1. The Morgan fingerprint density at radius 1 is 0.969 bits per heavy atom. The summed E-state index contributed by atoms with van der Waals surface area (Å²) in [4.78, 5) is 17.4. The number of methoxy groups -OCH3 is 1. The van der Waals surface area contributed by atoms with E-state index in [2.05, 4.69) is 16.0 Å². The molecule has 4 aromatic rings. The van der Waals surface area contributed by atoms with Gasteiger partial charge in [-0.05, 0) is 61.9 Å². The maximum absolute atomic E-state index is 12.6. The first kappa shape index (κ1) is 21.4. The number of para-hydroxylation sites is 2. The van der Waals surface area contributed by atoms with Crippen molar-refractivity contribution in [2.24, 2.45) is 0 Å². The molecule has 1 unspecified atom stereocenters. The molecule has 6 nitrogen and oxygen atoms in total. The zero-order valence-corrected chi connectivity index (χ0v) is 18.3. The molecule has 0 aliphatic carbocycles. The predicted octanol–water partition coefficient (Wildman–Crippen LogP) is 5.01. The Morgan fingerprint density at radius 3 is 2.41 bits per heavy atom. The van der Waals surface area contributed by atoms with Crippen LogP contribution in [-0.4, -0.2) is 29.2 Å². The maximum Gasteiger partial charge on any atom is 0.251 e. The molecule has 32 heavy (non-hydrogen) atoms. The van der Waals surface area contributed by atoms with E-state index < -0.39 is 0 Å². The van der Waals surface area contributed by atoms with Gasteiger partial charge < -0.3 is 19.4 Å². The first-order valence-electron chi connectivity index (χ1n) is 10.7. The van der Waals surface area contributed by atoms with E-state index in [4.69, 9.17) is 14.5 Å². The first-order valence-corrected chi connectivity index (χ1v) is 10.7. The van der Waals surface area contributed by atoms with Crippen LogP contribution in [0.4, 0.5) is 0 Å². The van der Waals surface area contributed by atoms with Crippen molar-refractivity contribution in [2.75, 3.05) is 13.7 Å². The van der Waals surface area contributed by atoms with E-state index in [1.165, 1.54) is 0 Å². The van der Waals surface area contributed by atoms with E-state index in [0.717, 1.165) is 41.3 Å². The van der Waals surface area contributed by atoms with E-state index >= 15 is 0 Å². The number of benzene rings is 3. The monoisotopic (exact) mass is 429 g/mol. The van der Waals surface area contributed by atoms with Crippen molar-refractivity contribution in [1.82, 2.24) is 14.9 Å². The van der Waals surface area contributed by atoms with Gasteiger partial charge in [0.05, 0.1) is 30.8 Å². The lowest BCUT2D eigenvalue weighted by Gasteiger charge is -2.17. The minimum absolute atomic E-state index is 0.112. The molecule has 164 valence electrons. The summed E-state index contributed by atoms with van der Waals surface area (Å²) < 4.78 is 13.2. The third-order valence-corrected chi connectivity index (χ3v) is 5.31. The second-order valence-electron chi connectivity index (χ2n) is 7.55. The van der Waals surface area contributed by atoms with Crippen LogP contribution in [0.25, 0.3) is 11.0 Å². The van der Waals surface area contributed by atoms with Gasteiger partial charge in [0.15, 0.2) is 0 Å². The van der Waals surface area contributed by atoms with Crippen molar-refractivity contribution >= 4 is 16.9 Å². The predicted molar refractivity (Wildman–Crippen MR) is 125 cm³/mol. The van der Waals surface area contributed by atoms with Gasteiger partial charge in [-0.15, -0.1) is 0 Å². The molecule has 1 atom stereocenters. The number of imidazole rings is 1. The fourth-order valence-corrected chi connectivity index (χ4v) is 3.68. The Hall–Kier alpha value is -3.80. The number of aromatic nitrogens is 2. The van der Waals surface area contributed by atoms with Crippen LogP contribution in [0.2, 0.25) is 0 Å². The van der Waals surface area contributed by atoms with Gasteiger partial charge in [-0.2, -0.15) is 0 Å². The maximum atomic E-state index is 12.6. The molecule has 0 aliphatic rings. The number of hydrogen-bond acceptors (Lipinski definition) is 4. The number of ether oxygens (including phenoxy) is 2. The van der Waals surface area contributed by atoms with Gasteiger partial charge in [-0.3, -0.25) is 4.79 Å². The summed E-state index contributed by atoms with van der Waals surface area (Å²) in [6, 6.07) is 24.6. The smallest absolute Gasteiger partial charge is 0.251 e. The number of carbonyl (C=O) groups excluding carboxylic acids is 1. The van der Waals surface area contributed by atoms with Gasteiger partial charge >= 0.3 is 0 Å². The lowest BCUT2D eigenvalue weighted by molar-refractivity contribution is 0.0937. The third kappa shape index (κ3) is 4.91. The van der Waals surface area contributed by atoms with E-state index in [1.807, 2.05) is 79.7 Å². The highest BCUT2D eigenvalue weighted by Crippen LogP contribution is 2.22. The molecule has 0 spiro atoms. The molecule has 1 N–H and O–H groups in total. The van der Waals surface area contributed by atoms with Crippen LogP contribution in [0.15, 0.2) is 78.9 Å². The fraction of sp³-hybridized carbons (Fsp3) is 0.231. The molecule has 1 heterocycles. The van der Waals surface area contributed by atoms with Gasteiger partial charge in [0.1, 0.15) is 17.3 Å². The third-order valence-electron chi connectivity index (χ3n) is 5.31. The molecule has 1 amide bonds. The number of aryl methyl sites for hydroxylation is 1. The van der Waals surface area contributed by atoms with E-state index in [1.54, 1.807) is 7.11 Å². The summed E-state index contributed by atoms with van der Waals surface area (Å²) in [5, 5.41) is 3.08. The average Bonchev–Trinajstić information content (AvgIpc) is 3.21. The molecule has 1 aromatic heterocycles. The molecule has 6 heteroatoms. The Bertz CT molecular complexity index is 1170. The summed E-state index contributed by atoms with van der Waals surface area (Å²) in [5.41, 5.74) is 2.60. The van der Waals surface area contributed by atoms with Crippen LogP contribution < -0.4 is 14.8 Å². The quantitative estimate of drug-likeness (QED) is 0.380. The molecule has 0 saturated heterocycles. The van der Waals surface area contributed by atoms with Crippen LogP contribution in [0.1, 0.15) is 35.6 Å². The van der Waals surface area contributed by atoms with E-state index in [0.29, 0.717) is 12.2 Å². The van der Waals surface area contributed by atoms with Gasteiger partial charge in [0.2, 0.25) is 0 Å². The summed E-state index contributed by atoms with van der Waals surface area (Å²) in [6.45, 7) is 3.27. The number of carbonyl (C=O) groups is 1. The zero-order valence-electron chi connectivity index (χ0n) is 18.3. The van der Waals surface area contributed by atoms with E-state index in [-0.39, 0.29) is 11.9 Å². The molecule has 0 saturated carbocycles. The molecule has 0 bridgehead atoms. The summed E-state index contributed by atoms with van der Waals surface area (Å²) in [6.07, 6.45) is 0.804. The standard InChI is InChI=1S/C26H27N3O3/c1-19(27-26(30)20-9-4-3-5-10-20)25-28-23-11-6-7-12-24(23)29(25)17-8-18-32-22-15-13-21(31-2)14-16-22/h3-7,9-16,19H,8,17-18H2,1-2H3,(H,27,30). The molecule has 0 fully saturated rings. The Balaban J connectivity index is 1.45. The molecule has 0 aliphatic heterocycles. The Labute approximate surface area is 187 Å². The van der Waals surface area contributed by atoms with E-state index in [9.17, 15) is 4.79 Å². The van der Waals surface area contributed by atoms with Crippen molar-refractivity contribution < 1.29 is 14.3 Å². The highest BCUT2D eigenvalue weighted by atomic mass is 16.5. The second-order valence-corrected chi connectivity index (χ2v) is 7.55. The van der Waals surface area contributed by atoms with Gasteiger partial charge in [0.25, 0.3) is 5.91 Å². The normalized spacial score (nSPS) is 11.8. The minimum atomic E-state index is -0.238. The SMILES string of the molecule is COc1ccc(OCCCn2c(C(C)NC(=O)c3ccccc3)nc3ccccc32)cc1. The number of fused-ring (bicyclic) bond motifs is 1. The molecule has 4 rings (SSSR count). The summed E-state index contributed by atoms with van der Waals surface area (Å²) >= 11 is 0. The zero-order chi connectivity index (χ0) is 22.3. The number of nitrogens with one attached hydrogen (secondary N) is 1. The number of hydrogen-bond donors (Lipinski definition) is 1. The van der Waals surface area contributed by atoms with Crippen LogP contribution in [0.5, 0.6) is 11.5 Å². The number of nitrogens with zero attached hydrogens (tertiary/aromatic N) is 2. The van der Waals surface area contributed by atoms with Crippen molar-refractivity contribution in [3.05, 3.63) is 90.3 Å². The summed E-state index contributed by atoms with van der Waals surface area (Å²) in [7, 11) is 1.65. The first-order chi connectivity index (χ1) is 15.7. The minimum Gasteiger partial charge on any atom is -0.497 e. The molecule has 0 radical (unpaired) electrons. The average molecular weight is 430 g/mol. The fourth-order valence-electron chi connectivity index (χ4n) is 3.68. The van der Waals surface area contributed by atoms with Crippen LogP contribution in [-0.2, 0) is 6.54 Å². The Morgan fingerprint density at radius 2 is 1.66 bits per heavy atom. The molecular weight excluding hydrogens is 402 g/mol. The van der Waals surface area contributed by atoms with Crippen LogP contribution in [0.3, 0.4) is 0 Å². The Kier molecular flexibility index (Phi) is 6.70. The van der Waals surface area contributed by atoms with Crippen molar-refractivity contribution in [3.8, 4) is 11.5 Å². The largest absolute Gasteiger partial charge is 0.497 e.